The molecular weight excluding hydrogens is 522 g/mol. The molecule has 5 rings (SSSR count). The summed E-state index contributed by atoms with van der Waals surface area (Å²) >= 11 is 0. The second-order valence-corrected chi connectivity index (χ2v) is 10.2. The molecule has 0 aliphatic rings. The Balaban J connectivity index is 1.41. The zero-order valence-corrected chi connectivity index (χ0v) is 23.9. The molecule has 0 atom stereocenters. The van der Waals surface area contributed by atoms with Gasteiger partial charge in [-0.1, -0.05) is 78.9 Å². The summed E-state index contributed by atoms with van der Waals surface area (Å²) in [5, 5.41) is 8.12. The zero-order chi connectivity index (χ0) is 29.5. The predicted octanol–water partition coefficient (Wildman–Crippen LogP) is 5.99. The molecule has 0 fully saturated rings. The van der Waals surface area contributed by atoms with Crippen molar-refractivity contribution in [2.24, 2.45) is 5.10 Å². The largest absolute Gasteiger partial charge is 0.378 e. The second-order valence-electron chi connectivity index (χ2n) is 10.2. The van der Waals surface area contributed by atoms with E-state index >= 15 is 0 Å². The van der Waals surface area contributed by atoms with Gasteiger partial charge in [-0.05, 0) is 54.5 Å². The van der Waals surface area contributed by atoms with E-state index in [1.165, 1.54) is 5.56 Å². The van der Waals surface area contributed by atoms with E-state index in [9.17, 15) is 9.59 Å². The average molecular weight is 556 g/mol. The van der Waals surface area contributed by atoms with E-state index in [2.05, 4.69) is 51.6 Å². The van der Waals surface area contributed by atoms with E-state index in [0.717, 1.165) is 40.0 Å². The lowest BCUT2D eigenvalue weighted by molar-refractivity contribution is -0.117. The molecular formula is C35H33N5O2. The van der Waals surface area contributed by atoms with Crippen molar-refractivity contribution in [1.29, 1.82) is 0 Å². The fourth-order valence-electron chi connectivity index (χ4n) is 4.78. The third-order valence-corrected chi connectivity index (χ3v) is 7.07. The summed E-state index contributed by atoms with van der Waals surface area (Å²) in [6.07, 6.45) is 3.31. The molecule has 1 aromatic heterocycles. The lowest BCUT2D eigenvalue weighted by Gasteiger charge is -2.12. The number of aromatic nitrogens is 1. The molecule has 0 bridgehead atoms. The van der Waals surface area contributed by atoms with Gasteiger partial charge >= 0.3 is 0 Å². The number of fused-ring (bicyclic) bond motifs is 1. The van der Waals surface area contributed by atoms with Crippen LogP contribution in [-0.2, 0) is 11.3 Å². The van der Waals surface area contributed by atoms with Gasteiger partial charge in [-0.3, -0.25) is 9.59 Å². The van der Waals surface area contributed by atoms with Gasteiger partial charge in [-0.25, -0.2) is 5.43 Å². The molecule has 210 valence electrons. The van der Waals surface area contributed by atoms with E-state index in [1.54, 1.807) is 36.6 Å². The molecule has 0 saturated carbocycles. The molecule has 0 aliphatic heterocycles. The van der Waals surface area contributed by atoms with Crippen LogP contribution in [0.4, 0.5) is 5.69 Å². The number of amides is 2. The number of para-hydroxylation sites is 1. The van der Waals surface area contributed by atoms with Crippen LogP contribution < -0.4 is 15.6 Å². The number of anilines is 1. The van der Waals surface area contributed by atoms with E-state index in [0.29, 0.717) is 5.56 Å². The van der Waals surface area contributed by atoms with Crippen molar-refractivity contribution in [3.05, 3.63) is 143 Å². The summed E-state index contributed by atoms with van der Waals surface area (Å²) in [7, 11) is 3.92. The number of benzene rings is 4. The van der Waals surface area contributed by atoms with Crippen LogP contribution >= 0.6 is 0 Å². The van der Waals surface area contributed by atoms with E-state index in [-0.39, 0.29) is 11.6 Å². The standard InChI is InChI=1S/C35H33N5O2/c1-25-31(30-16-10-11-17-33(30)40(25)24-27-12-6-4-7-13-27)23-36-38-35(42)32(37-34(41)28-14-8-5-9-15-28)22-26-18-20-29(21-19-26)39(2)3/h4-23H,24H2,1-3H3,(H,37,41)(H,38,42)/b32-22-,36-23-. The highest BCUT2D eigenvalue weighted by Crippen LogP contribution is 2.25. The number of hydrazone groups is 1. The van der Waals surface area contributed by atoms with Gasteiger partial charge in [0.05, 0.1) is 6.21 Å². The first-order chi connectivity index (χ1) is 20.4. The van der Waals surface area contributed by atoms with Gasteiger partial charge in [0.25, 0.3) is 11.8 Å². The fraction of sp³-hybridized carbons (Fsp3) is 0.114. The number of carbonyl (C=O) groups excluding carboxylic acids is 2. The molecule has 7 heteroatoms. The van der Waals surface area contributed by atoms with Crippen LogP contribution in [0.3, 0.4) is 0 Å². The van der Waals surface area contributed by atoms with Crippen molar-refractivity contribution < 1.29 is 9.59 Å². The van der Waals surface area contributed by atoms with Crippen LogP contribution in [0, 0.1) is 6.92 Å². The normalized spacial score (nSPS) is 11.5. The Hall–Kier alpha value is -5.43. The van der Waals surface area contributed by atoms with Crippen LogP contribution in [-0.4, -0.2) is 36.7 Å². The Labute approximate surface area is 245 Å². The summed E-state index contributed by atoms with van der Waals surface area (Å²) in [4.78, 5) is 28.3. The monoisotopic (exact) mass is 555 g/mol. The number of hydrogen-bond acceptors (Lipinski definition) is 4. The van der Waals surface area contributed by atoms with Crippen LogP contribution in [0.15, 0.2) is 120 Å². The number of hydrogen-bond donors (Lipinski definition) is 2. The van der Waals surface area contributed by atoms with Gasteiger partial charge in [-0.2, -0.15) is 5.10 Å². The fourth-order valence-corrected chi connectivity index (χ4v) is 4.78. The Kier molecular flexibility index (Phi) is 8.58. The van der Waals surface area contributed by atoms with Crippen LogP contribution in [0.25, 0.3) is 17.0 Å². The van der Waals surface area contributed by atoms with Crippen LogP contribution in [0.1, 0.15) is 32.7 Å². The first-order valence-electron chi connectivity index (χ1n) is 13.7. The molecule has 5 aromatic rings. The topological polar surface area (TPSA) is 78.7 Å². The number of rotatable bonds is 9. The van der Waals surface area contributed by atoms with Gasteiger partial charge in [-0.15, -0.1) is 0 Å². The van der Waals surface area contributed by atoms with E-state index in [4.69, 9.17) is 0 Å². The van der Waals surface area contributed by atoms with Crippen LogP contribution in [0.2, 0.25) is 0 Å². The minimum absolute atomic E-state index is 0.0850. The van der Waals surface area contributed by atoms with Gasteiger partial charge in [0.2, 0.25) is 0 Å². The van der Waals surface area contributed by atoms with E-state index < -0.39 is 5.91 Å². The Morgan fingerprint density at radius 3 is 2.17 bits per heavy atom. The number of nitrogens with zero attached hydrogens (tertiary/aromatic N) is 3. The minimum atomic E-state index is -0.530. The predicted molar refractivity (Wildman–Crippen MR) is 171 cm³/mol. The third-order valence-electron chi connectivity index (χ3n) is 7.07. The van der Waals surface area contributed by atoms with Crippen LogP contribution in [0.5, 0.6) is 0 Å². The number of nitrogens with one attached hydrogen (secondary N) is 2. The lowest BCUT2D eigenvalue weighted by atomic mass is 10.1. The Morgan fingerprint density at radius 2 is 1.48 bits per heavy atom. The minimum Gasteiger partial charge on any atom is -0.378 e. The highest BCUT2D eigenvalue weighted by atomic mass is 16.2. The molecule has 0 unspecified atom stereocenters. The van der Waals surface area contributed by atoms with Crippen molar-refractivity contribution in [3.8, 4) is 0 Å². The SMILES string of the molecule is Cc1c(/C=N\NC(=O)/C(=C/c2ccc(N(C)C)cc2)NC(=O)c2ccccc2)c2ccccc2n1Cc1ccccc1. The summed E-state index contributed by atoms with van der Waals surface area (Å²) < 4.78 is 2.25. The van der Waals surface area contributed by atoms with Crippen molar-refractivity contribution in [3.63, 3.8) is 0 Å². The molecule has 0 radical (unpaired) electrons. The summed E-state index contributed by atoms with van der Waals surface area (Å²) in [6.45, 7) is 2.77. The maximum absolute atomic E-state index is 13.4. The molecule has 0 aliphatic carbocycles. The molecule has 2 amide bonds. The molecule has 2 N–H and O–H groups in total. The highest BCUT2D eigenvalue weighted by Gasteiger charge is 2.16. The highest BCUT2D eigenvalue weighted by molar-refractivity contribution is 6.06. The molecule has 0 saturated heterocycles. The van der Waals surface area contributed by atoms with Gasteiger partial charge in [0.15, 0.2) is 0 Å². The van der Waals surface area contributed by atoms with Crippen molar-refractivity contribution >= 4 is 40.7 Å². The molecule has 42 heavy (non-hydrogen) atoms. The summed E-state index contributed by atoms with van der Waals surface area (Å²) in [5.74, 6) is -0.913. The molecule has 1 heterocycles. The van der Waals surface area contributed by atoms with Gasteiger partial charge < -0.3 is 14.8 Å². The average Bonchev–Trinajstić information content (AvgIpc) is 3.28. The Morgan fingerprint density at radius 1 is 0.833 bits per heavy atom. The third kappa shape index (κ3) is 6.47. The summed E-state index contributed by atoms with van der Waals surface area (Å²) in [6, 6.07) is 34.9. The quantitative estimate of drug-likeness (QED) is 0.133. The van der Waals surface area contributed by atoms with Crippen molar-refractivity contribution in [2.45, 2.75) is 13.5 Å². The smallest absolute Gasteiger partial charge is 0.287 e. The van der Waals surface area contributed by atoms with Crippen molar-refractivity contribution in [1.82, 2.24) is 15.3 Å². The lowest BCUT2D eigenvalue weighted by Crippen LogP contribution is -2.32. The molecule has 0 spiro atoms. The van der Waals surface area contributed by atoms with Gasteiger partial charge in [0.1, 0.15) is 5.70 Å². The van der Waals surface area contributed by atoms with Crippen molar-refractivity contribution in [2.75, 3.05) is 19.0 Å². The maximum atomic E-state index is 13.4. The van der Waals surface area contributed by atoms with E-state index in [1.807, 2.05) is 79.7 Å². The zero-order valence-electron chi connectivity index (χ0n) is 23.9. The molecule has 4 aromatic carbocycles. The Bertz CT molecular complexity index is 1750. The second kappa shape index (κ2) is 12.8. The first-order valence-corrected chi connectivity index (χ1v) is 13.7. The first kappa shape index (κ1) is 28.1. The summed E-state index contributed by atoms with van der Waals surface area (Å²) in [5.41, 5.74) is 9.18. The molecule has 7 nitrogen and oxygen atoms in total. The van der Waals surface area contributed by atoms with Gasteiger partial charge in [0, 0.05) is 54.1 Å². The number of carbonyl (C=O) groups is 2. The maximum Gasteiger partial charge on any atom is 0.287 e.